The minimum atomic E-state index is 0.149. The minimum Gasteiger partial charge on any atom is -0.395 e. The summed E-state index contributed by atoms with van der Waals surface area (Å²) in [6.07, 6.45) is 5.87. The molecule has 2 rings (SSSR count). The molecule has 0 radical (unpaired) electrons. The van der Waals surface area contributed by atoms with E-state index < -0.39 is 0 Å². The zero-order valence-corrected chi connectivity index (χ0v) is 10.1. The van der Waals surface area contributed by atoms with Gasteiger partial charge in [0.2, 0.25) is 0 Å². The Morgan fingerprint density at radius 3 is 3.00 bits per heavy atom. The Balaban J connectivity index is 2.20. The van der Waals surface area contributed by atoms with Gasteiger partial charge in [-0.1, -0.05) is 13.3 Å². The van der Waals surface area contributed by atoms with Crippen molar-refractivity contribution in [2.24, 2.45) is 0 Å². The van der Waals surface area contributed by atoms with Gasteiger partial charge in [-0.05, 0) is 12.5 Å². The third-order valence-corrected chi connectivity index (χ3v) is 2.72. The quantitative estimate of drug-likeness (QED) is 0.819. The Bertz CT molecular complexity index is 468. The van der Waals surface area contributed by atoms with Crippen LogP contribution in [0.2, 0.25) is 0 Å². The van der Waals surface area contributed by atoms with Gasteiger partial charge in [-0.15, -0.1) is 0 Å². The third-order valence-electron chi connectivity index (χ3n) is 2.72. The zero-order chi connectivity index (χ0) is 12.1. The summed E-state index contributed by atoms with van der Waals surface area (Å²) in [4.78, 5) is 6.63. The molecule has 0 saturated carbocycles. The van der Waals surface area contributed by atoms with Crippen molar-refractivity contribution >= 4 is 11.5 Å². The second-order valence-corrected chi connectivity index (χ2v) is 3.98. The summed E-state index contributed by atoms with van der Waals surface area (Å²) in [5.41, 5.74) is 0.835. The lowest BCUT2D eigenvalue weighted by Gasteiger charge is -2.22. The number of fused-ring (bicyclic) bond motifs is 1. The van der Waals surface area contributed by atoms with Gasteiger partial charge in [0.15, 0.2) is 5.65 Å². The third kappa shape index (κ3) is 2.74. The van der Waals surface area contributed by atoms with Gasteiger partial charge in [0.25, 0.3) is 0 Å². The molecule has 0 atom stereocenters. The molecule has 0 aromatic carbocycles. The van der Waals surface area contributed by atoms with Crippen LogP contribution in [0.15, 0.2) is 24.5 Å². The van der Waals surface area contributed by atoms with Crippen LogP contribution >= 0.6 is 0 Å². The molecule has 0 aliphatic carbocycles. The van der Waals surface area contributed by atoms with E-state index >= 15 is 0 Å². The van der Waals surface area contributed by atoms with Crippen LogP contribution in [0.5, 0.6) is 0 Å². The van der Waals surface area contributed by atoms with E-state index in [2.05, 4.69) is 21.9 Å². The second-order valence-electron chi connectivity index (χ2n) is 3.98. The molecule has 0 spiro atoms. The lowest BCUT2D eigenvalue weighted by atomic mass is 10.3. The van der Waals surface area contributed by atoms with E-state index in [1.54, 1.807) is 10.7 Å². The molecule has 1 N–H and O–H groups in total. The van der Waals surface area contributed by atoms with Gasteiger partial charge in [-0.25, -0.2) is 9.50 Å². The highest BCUT2D eigenvalue weighted by molar-refractivity contribution is 5.47. The lowest BCUT2D eigenvalue weighted by Crippen LogP contribution is -2.28. The van der Waals surface area contributed by atoms with E-state index in [-0.39, 0.29) is 6.61 Å². The first-order valence-corrected chi connectivity index (χ1v) is 6.01. The van der Waals surface area contributed by atoms with Crippen LogP contribution < -0.4 is 4.90 Å². The molecule has 0 aliphatic rings. The molecule has 0 unspecified atom stereocenters. The highest BCUT2D eigenvalue weighted by atomic mass is 16.3. The van der Waals surface area contributed by atoms with Crippen LogP contribution in [0.1, 0.15) is 19.8 Å². The van der Waals surface area contributed by atoms with Crippen molar-refractivity contribution in [3.63, 3.8) is 0 Å². The van der Waals surface area contributed by atoms with Crippen LogP contribution in [0.4, 0.5) is 5.82 Å². The molecule has 2 aromatic rings. The van der Waals surface area contributed by atoms with Gasteiger partial charge in [0.1, 0.15) is 5.82 Å². The second kappa shape index (κ2) is 5.63. The number of aromatic nitrogens is 3. The molecule has 0 aliphatic heterocycles. The van der Waals surface area contributed by atoms with Crippen molar-refractivity contribution < 1.29 is 5.11 Å². The van der Waals surface area contributed by atoms with Crippen molar-refractivity contribution in [1.82, 2.24) is 14.6 Å². The predicted molar refractivity (Wildman–Crippen MR) is 67.2 cm³/mol. The summed E-state index contributed by atoms with van der Waals surface area (Å²) in [5.74, 6) is 0.903. The molecule has 92 valence electrons. The van der Waals surface area contributed by atoms with E-state index in [0.29, 0.717) is 6.54 Å². The molecule has 0 bridgehead atoms. The number of nitrogens with zero attached hydrogens (tertiary/aromatic N) is 4. The maximum absolute atomic E-state index is 9.08. The summed E-state index contributed by atoms with van der Waals surface area (Å²) in [6, 6.07) is 3.81. The molecular weight excluding hydrogens is 216 g/mol. The summed E-state index contributed by atoms with van der Waals surface area (Å²) >= 11 is 0. The Morgan fingerprint density at radius 2 is 2.24 bits per heavy atom. The summed E-state index contributed by atoms with van der Waals surface area (Å²) in [6.45, 7) is 3.85. The first-order valence-electron chi connectivity index (χ1n) is 6.01. The Labute approximate surface area is 101 Å². The normalized spacial score (nSPS) is 10.9. The number of hydrogen-bond acceptors (Lipinski definition) is 4. The number of hydrogen-bond donors (Lipinski definition) is 1. The van der Waals surface area contributed by atoms with E-state index in [9.17, 15) is 0 Å². The van der Waals surface area contributed by atoms with Gasteiger partial charge in [0.05, 0.1) is 12.8 Å². The summed E-state index contributed by atoms with van der Waals surface area (Å²) in [7, 11) is 0. The zero-order valence-electron chi connectivity index (χ0n) is 10.1. The van der Waals surface area contributed by atoms with Gasteiger partial charge in [-0.2, -0.15) is 5.10 Å². The van der Waals surface area contributed by atoms with E-state index in [0.717, 1.165) is 30.9 Å². The van der Waals surface area contributed by atoms with Crippen LogP contribution in [0, 0.1) is 0 Å². The van der Waals surface area contributed by atoms with E-state index in [4.69, 9.17) is 5.11 Å². The SMILES string of the molecule is CCCCN(CCO)c1ccn2nccc2n1. The Kier molecular flexibility index (Phi) is 3.93. The summed E-state index contributed by atoms with van der Waals surface area (Å²) in [5, 5.41) is 13.2. The van der Waals surface area contributed by atoms with Gasteiger partial charge < -0.3 is 10.0 Å². The van der Waals surface area contributed by atoms with Crippen LogP contribution in [-0.2, 0) is 0 Å². The number of aliphatic hydroxyl groups excluding tert-OH is 1. The van der Waals surface area contributed by atoms with E-state index in [1.165, 1.54) is 0 Å². The summed E-state index contributed by atoms with van der Waals surface area (Å²) < 4.78 is 1.74. The molecule has 5 heteroatoms. The molecule has 5 nitrogen and oxygen atoms in total. The first kappa shape index (κ1) is 11.9. The molecule has 17 heavy (non-hydrogen) atoms. The maximum atomic E-state index is 9.08. The average Bonchev–Trinajstić information content (AvgIpc) is 2.81. The molecule has 0 fully saturated rings. The maximum Gasteiger partial charge on any atom is 0.157 e. The van der Waals surface area contributed by atoms with Gasteiger partial charge >= 0.3 is 0 Å². The predicted octanol–water partition coefficient (Wildman–Crippen LogP) is 1.33. The molecule has 0 saturated heterocycles. The van der Waals surface area contributed by atoms with Gasteiger partial charge in [-0.3, -0.25) is 0 Å². The fraction of sp³-hybridized carbons (Fsp3) is 0.500. The van der Waals surface area contributed by atoms with Crippen LogP contribution in [-0.4, -0.2) is 39.4 Å². The fourth-order valence-corrected chi connectivity index (χ4v) is 1.79. The van der Waals surface area contributed by atoms with Crippen molar-refractivity contribution in [2.45, 2.75) is 19.8 Å². The molecule has 0 amide bonds. The topological polar surface area (TPSA) is 53.7 Å². The van der Waals surface area contributed by atoms with Crippen LogP contribution in [0.3, 0.4) is 0 Å². The first-order chi connectivity index (χ1) is 8.35. The van der Waals surface area contributed by atoms with Crippen molar-refractivity contribution in [3.8, 4) is 0 Å². The van der Waals surface area contributed by atoms with Crippen molar-refractivity contribution in [3.05, 3.63) is 24.5 Å². The highest BCUT2D eigenvalue weighted by Gasteiger charge is 2.07. The fourth-order valence-electron chi connectivity index (χ4n) is 1.79. The minimum absolute atomic E-state index is 0.149. The monoisotopic (exact) mass is 234 g/mol. The number of anilines is 1. The van der Waals surface area contributed by atoms with Crippen molar-refractivity contribution in [1.29, 1.82) is 0 Å². The number of aliphatic hydroxyl groups is 1. The molecule has 2 aromatic heterocycles. The average molecular weight is 234 g/mol. The number of rotatable bonds is 6. The molecular formula is C12H18N4O. The van der Waals surface area contributed by atoms with E-state index in [1.807, 2.05) is 18.3 Å². The lowest BCUT2D eigenvalue weighted by molar-refractivity contribution is 0.301. The van der Waals surface area contributed by atoms with Crippen LogP contribution in [0.25, 0.3) is 5.65 Å². The highest BCUT2D eigenvalue weighted by Crippen LogP contribution is 2.12. The van der Waals surface area contributed by atoms with Crippen molar-refractivity contribution in [2.75, 3.05) is 24.6 Å². The Hall–Kier alpha value is -1.62. The standard InChI is InChI=1S/C12H18N4O/c1-2-3-7-15(9-10-17)11-5-8-16-12(14-11)4-6-13-16/h4-6,8,17H,2-3,7,9-10H2,1H3. The smallest absolute Gasteiger partial charge is 0.157 e. The Morgan fingerprint density at radius 1 is 1.35 bits per heavy atom. The number of unbranched alkanes of at least 4 members (excludes halogenated alkanes) is 1. The molecule has 2 heterocycles. The van der Waals surface area contributed by atoms with Gasteiger partial charge in [0, 0.05) is 25.4 Å². The largest absolute Gasteiger partial charge is 0.395 e.